The molecule has 0 aromatic heterocycles. The van der Waals surface area contributed by atoms with Crippen molar-refractivity contribution in [2.24, 2.45) is 11.7 Å². The summed E-state index contributed by atoms with van der Waals surface area (Å²) in [6.07, 6.45) is 9.04. The molecule has 2 N–H and O–H groups in total. The Bertz CT molecular complexity index is 691. The summed E-state index contributed by atoms with van der Waals surface area (Å²) in [5.41, 5.74) is 9.44. The van der Waals surface area contributed by atoms with E-state index in [4.69, 9.17) is 5.73 Å². The molecule has 1 saturated carbocycles. The zero-order chi connectivity index (χ0) is 18.5. The Balaban J connectivity index is 0.00000150. The Hall–Kier alpha value is -1.06. The molecule has 1 heterocycles. The lowest BCUT2D eigenvalue weighted by Crippen LogP contribution is -2.47. The first kappa shape index (κ1) is 24.2. The summed E-state index contributed by atoms with van der Waals surface area (Å²) in [6.45, 7) is 3.34. The number of halogens is 2. The van der Waals surface area contributed by atoms with Crippen molar-refractivity contribution in [1.82, 2.24) is 4.90 Å². The lowest BCUT2D eigenvalue weighted by molar-refractivity contribution is 0.0875. The normalized spacial score (nSPS) is 25.6. The predicted molar refractivity (Wildman–Crippen MR) is 128 cm³/mol. The van der Waals surface area contributed by atoms with Crippen LogP contribution in [0.1, 0.15) is 49.7 Å². The van der Waals surface area contributed by atoms with Gasteiger partial charge in [0.2, 0.25) is 0 Å². The van der Waals surface area contributed by atoms with Crippen LogP contribution in [0.5, 0.6) is 0 Å². The first-order valence-corrected chi connectivity index (χ1v) is 10.8. The van der Waals surface area contributed by atoms with Crippen LogP contribution in [0, 0.1) is 5.92 Å². The number of piperidine rings is 1. The molecule has 1 saturated heterocycles. The first-order valence-electron chi connectivity index (χ1n) is 10.8. The van der Waals surface area contributed by atoms with Crippen LogP contribution in [0.25, 0.3) is 0 Å². The van der Waals surface area contributed by atoms with Crippen LogP contribution in [0.3, 0.4) is 0 Å². The monoisotopic (exact) mass is 434 g/mol. The number of likely N-dealkylation sites (tertiary alicyclic amines) is 1. The maximum absolute atomic E-state index is 6.27. The molecule has 160 valence electrons. The van der Waals surface area contributed by atoms with Gasteiger partial charge >= 0.3 is 0 Å². The minimum Gasteiger partial charge on any atom is -0.330 e. The zero-order valence-electron chi connectivity index (χ0n) is 17.3. The molecule has 2 aromatic carbocycles. The minimum atomic E-state index is 0. The third-order valence-electron chi connectivity index (χ3n) is 7.22. The average Bonchev–Trinajstić information content (AvgIpc) is 2.76. The van der Waals surface area contributed by atoms with Gasteiger partial charge < -0.3 is 10.6 Å². The van der Waals surface area contributed by atoms with Crippen LogP contribution >= 0.6 is 24.8 Å². The summed E-state index contributed by atoms with van der Waals surface area (Å²) in [5.74, 6) is 0.861. The third kappa shape index (κ3) is 5.76. The highest BCUT2D eigenvalue weighted by Crippen LogP contribution is 2.40. The van der Waals surface area contributed by atoms with E-state index in [1.54, 1.807) is 0 Å². The number of benzene rings is 2. The van der Waals surface area contributed by atoms with Crippen LogP contribution in [-0.2, 0) is 11.8 Å². The van der Waals surface area contributed by atoms with Crippen molar-refractivity contribution < 1.29 is 0 Å². The fraction of sp³-hybridized carbons (Fsp3) is 0.520. The van der Waals surface area contributed by atoms with Crippen molar-refractivity contribution in [1.29, 1.82) is 0 Å². The number of hydrogen-bond donors (Lipinski definition) is 1. The van der Waals surface area contributed by atoms with E-state index >= 15 is 0 Å². The summed E-state index contributed by atoms with van der Waals surface area (Å²) in [5, 5.41) is 0. The van der Waals surface area contributed by atoms with E-state index in [0.29, 0.717) is 0 Å². The smallest absolute Gasteiger partial charge is 0.00959 e. The molecule has 29 heavy (non-hydrogen) atoms. The number of hydrogen-bond acceptors (Lipinski definition) is 2. The quantitative estimate of drug-likeness (QED) is 0.660. The van der Waals surface area contributed by atoms with Crippen molar-refractivity contribution in [2.75, 3.05) is 19.6 Å². The zero-order valence-corrected chi connectivity index (χ0v) is 19.0. The Morgan fingerprint density at radius 2 is 1.34 bits per heavy atom. The molecule has 2 aromatic rings. The van der Waals surface area contributed by atoms with Gasteiger partial charge in [-0.2, -0.15) is 0 Å². The molecule has 0 atom stereocenters. The number of nitrogens with zero attached hydrogens (tertiary/aromatic N) is 1. The van der Waals surface area contributed by atoms with Gasteiger partial charge in [-0.3, -0.25) is 0 Å². The molecule has 4 heteroatoms. The summed E-state index contributed by atoms with van der Waals surface area (Å²) in [6, 6.07) is 22.8. The molecule has 2 fully saturated rings. The van der Waals surface area contributed by atoms with Crippen molar-refractivity contribution >= 4 is 24.8 Å². The average molecular weight is 435 g/mol. The number of nitrogens with two attached hydrogens (primary N) is 1. The van der Waals surface area contributed by atoms with Gasteiger partial charge in [-0.1, -0.05) is 60.7 Å². The molecule has 0 radical (unpaired) electrons. The van der Waals surface area contributed by atoms with E-state index in [0.717, 1.165) is 18.5 Å². The molecule has 1 aliphatic carbocycles. The van der Waals surface area contributed by atoms with E-state index in [2.05, 4.69) is 65.6 Å². The Morgan fingerprint density at radius 1 is 0.793 bits per heavy atom. The maximum Gasteiger partial charge on any atom is 0.00959 e. The van der Waals surface area contributed by atoms with Crippen molar-refractivity contribution in [3.63, 3.8) is 0 Å². The fourth-order valence-electron chi connectivity index (χ4n) is 5.39. The predicted octanol–water partition coefficient (Wildman–Crippen LogP) is 5.62. The highest BCUT2D eigenvalue weighted by atomic mass is 35.5. The van der Waals surface area contributed by atoms with Gasteiger partial charge in [0.1, 0.15) is 0 Å². The second-order valence-corrected chi connectivity index (χ2v) is 8.75. The van der Waals surface area contributed by atoms with Gasteiger partial charge in [0, 0.05) is 18.0 Å². The summed E-state index contributed by atoms with van der Waals surface area (Å²) in [4.78, 5) is 2.78. The molecule has 2 nitrogen and oxygen atoms in total. The van der Waals surface area contributed by atoms with Crippen molar-refractivity contribution in [3.05, 3.63) is 71.8 Å². The highest BCUT2D eigenvalue weighted by Gasteiger charge is 2.37. The maximum atomic E-state index is 6.27. The van der Waals surface area contributed by atoms with Crippen LogP contribution in [0.4, 0.5) is 0 Å². The van der Waals surface area contributed by atoms with E-state index in [-0.39, 0.29) is 30.2 Å². The second kappa shape index (κ2) is 11.4. The van der Waals surface area contributed by atoms with Gasteiger partial charge in [-0.05, 0) is 75.1 Å². The first-order chi connectivity index (χ1) is 13.3. The van der Waals surface area contributed by atoms with Crippen molar-refractivity contribution in [2.45, 2.75) is 56.4 Å². The molecule has 4 rings (SSSR count). The Labute approximate surface area is 189 Å². The lowest BCUT2D eigenvalue weighted by Gasteiger charge is -2.45. The van der Waals surface area contributed by atoms with E-state index in [9.17, 15) is 0 Å². The van der Waals surface area contributed by atoms with Crippen molar-refractivity contribution in [3.8, 4) is 0 Å². The standard InChI is InChI=1S/C25H34N2.2ClH/c26-20-25(23-9-5-2-6-10-23)15-11-24(12-16-25)27-17-13-22(14-18-27)19-21-7-3-1-4-8-21;;/h1-10,22,24H,11-20,26H2;2*1H/t24-,25+;;. The van der Waals surface area contributed by atoms with E-state index < -0.39 is 0 Å². The van der Waals surface area contributed by atoms with Crippen LogP contribution in [0.2, 0.25) is 0 Å². The van der Waals surface area contributed by atoms with Crippen LogP contribution in [0.15, 0.2) is 60.7 Å². The van der Waals surface area contributed by atoms with E-state index in [1.165, 1.54) is 69.2 Å². The van der Waals surface area contributed by atoms with Crippen LogP contribution in [-0.4, -0.2) is 30.6 Å². The Morgan fingerprint density at radius 3 is 1.90 bits per heavy atom. The molecule has 2 aliphatic rings. The molecule has 0 unspecified atom stereocenters. The topological polar surface area (TPSA) is 29.3 Å². The van der Waals surface area contributed by atoms with Gasteiger partial charge in [-0.25, -0.2) is 0 Å². The molecular weight excluding hydrogens is 399 g/mol. The fourth-order valence-corrected chi connectivity index (χ4v) is 5.39. The minimum absolute atomic E-state index is 0. The SMILES string of the molecule is Cl.Cl.NC[C@]1(c2ccccc2)CC[C@@H](N2CCC(Cc3ccccc3)CC2)CC1. The summed E-state index contributed by atoms with van der Waals surface area (Å²) >= 11 is 0. The van der Waals surface area contributed by atoms with Gasteiger partial charge in [-0.15, -0.1) is 24.8 Å². The number of rotatable bonds is 5. The summed E-state index contributed by atoms with van der Waals surface area (Å²) < 4.78 is 0. The molecular formula is C25H36Cl2N2. The van der Waals surface area contributed by atoms with Gasteiger partial charge in [0.25, 0.3) is 0 Å². The lowest BCUT2D eigenvalue weighted by atomic mass is 9.68. The largest absolute Gasteiger partial charge is 0.330 e. The summed E-state index contributed by atoms with van der Waals surface area (Å²) in [7, 11) is 0. The molecule has 1 aliphatic heterocycles. The van der Waals surface area contributed by atoms with Gasteiger partial charge in [0.15, 0.2) is 0 Å². The third-order valence-corrected chi connectivity index (χ3v) is 7.22. The second-order valence-electron chi connectivity index (χ2n) is 8.75. The van der Waals surface area contributed by atoms with E-state index in [1.807, 2.05) is 0 Å². The highest BCUT2D eigenvalue weighted by molar-refractivity contribution is 5.85. The molecule has 0 amide bonds. The van der Waals surface area contributed by atoms with Gasteiger partial charge in [0.05, 0.1) is 0 Å². The van der Waals surface area contributed by atoms with Crippen LogP contribution < -0.4 is 5.73 Å². The Kier molecular flexibility index (Phi) is 9.49. The molecule has 0 spiro atoms. The molecule has 0 bridgehead atoms.